The van der Waals surface area contributed by atoms with E-state index in [1.807, 2.05) is 48.7 Å². The van der Waals surface area contributed by atoms with Crippen molar-refractivity contribution in [2.75, 3.05) is 18.1 Å². The lowest BCUT2D eigenvalue weighted by molar-refractivity contribution is -0.107. The van der Waals surface area contributed by atoms with Crippen LogP contribution in [0.15, 0.2) is 54.7 Å². The van der Waals surface area contributed by atoms with Gasteiger partial charge in [-0.25, -0.2) is 4.79 Å². The van der Waals surface area contributed by atoms with Crippen molar-refractivity contribution in [3.8, 4) is 0 Å². The van der Waals surface area contributed by atoms with Gasteiger partial charge >= 0.3 is 5.97 Å². The van der Waals surface area contributed by atoms with Crippen molar-refractivity contribution in [3.05, 3.63) is 65.9 Å². The summed E-state index contributed by atoms with van der Waals surface area (Å²) < 4.78 is 7.28. The topological polar surface area (TPSA) is 51.5 Å². The van der Waals surface area contributed by atoms with Gasteiger partial charge in [0.2, 0.25) is 6.41 Å². The van der Waals surface area contributed by atoms with E-state index in [1.54, 1.807) is 17.9 Å². The van der Waals surface area contributed by atoms with E-state index in [0.717, 1.165) is 48.0 Å². The number of anilines is 1. The Morgan fingerprint density at radius 3 is 2.71 bits per heavy atom. The highest BCUT2D eigenvalue weighted by atomic mass is 16.5. The number of amides is 1. The third kappa shape index (κ3) is 4.25. The van der Waals surface area contributed by atoms with Crippen LogP contribution in [-0.2, 0) is 16.1 Å². The average molecular weight is 378 g/mol. The molecule has 3 rings (SSSR count). The highest BCUT2D eigenvalue weighted by molar-refractivity contribution is 5.91. The van der Waals surface area contributed by atoms with E-state index in [9.17, 15) is 9.59 Å². The molecule has 1 heterocycles. The predicted molar refractivity (Wildman–Crippen MR) is 112 cm³/mol. The van der Waals surface area contributed by atoms with E-state index >= 15 is 0 Å². The zero-order valence-electron chi connectivity index (χ0n) is 16.4. The maximum Gasteiger partial charge on any atom is 0.338 e. The van der Waals surface area contributed by atoms with Crippen LogP contribution in [0.2, 0.25) is 0 Å². The van der Waals surface area contributed by atoms with Crippen molar-refractivity contribution in [1.82, 2.24) is 4.57 Å². The largest absolute Gasteiger partial charge is 0.462 e. The molecule has 2 aromatic carbocycles. The van der Waals surface area contributed by atoms with Crippen molar-refractivity contribution in [2.45, 2.75) is 33.2 Å². The number of fused-ring (bicyclic) bond motifs is 1. The Labute approximate surface area is 165 Å². The minimum atomic E-state index is -0.297. The molecule has 1 amide bonds. The number of benzene rings is 2. The lowest BCUT2D eigenvalue weighted by Crippen LogP contribution is -2.22. The number of unbranched alkanes of at least 4 members (excludes halogenated alkanes) is 1. The fraction of sp³-hybridized carbons (Fsp3) is 0.304. The molecular formula is C23H26N2O3. The Kier molecular flexibility index (Phi) is 6.48. The number of aromatic nitrogens is 1. The molecule has 1 aromatic heterocycles. The van der Waals surface area contributed by atoms with Crippen molar-refractivity contribution in [2.24, 2.45) is 0 Å². The second-order valence-corrected chi connectivity index (χ2v) is 6.72. The number of esters is 1. The standard InChI is InChI=1S/C23H26N2O3/c1-3-5-13-25(17-26)20-10-11-22-18(15-20)12-14-24(22)16-19-8-6-7-9-21(19)23(27)28-4-2/h6-12,14-15,17H,3-5,13,16H2,1-2H3. The molecule has 146 valence electrons. The van der Waals surface area contributed by atoms with Crippen molar-refractivity contribution in [3.63, 3.8) is 0 Å². The van der Waals surface area contributed by atoms with Gasteiger partial charge in [0.1, 0.15) is 0 Å². The van der Waals surface area contributed by atoms with Gasteiger partial charge in [-0.15, -0.1) is 0 Å². The number of hydrogen-bond acceptors (Lipinski definition) is 3. The minimum absolute atomic E-state index is 0.297. The van der Waals surface area contributed by atoms with Crippen LogP contribution in [0.25, 0.3) is 10.9 Å². The van der Waals surface area contributed by atoms with Gasteiger partial charge in [-0.3, -0.25) is 4.79 Å². The normalized spacial score (nSPS) is 10.8. The average Bonchev–Trinajstić information content (AvgIpc) is 3.11. The second-order valence-electron chi connectivity index (χ2n) is 6.72. The van der Waals surface area contributed by atoms with E-state index in [0.29, 0.717) is 18.7 Å². The molecular weight excluding hydrogens is 352 g/mol. The van der Waals surface area contributed by atoms with Gasteiger partial charge in [0.25, 0.3) is 0 Å². The summed E-state index contributed by atoms with van der Waals surface area (Å²) in [7, 11) is 0. The summed E-state index contributed by atoms with van der Waals surface area (Å²) >= 11 is 0. The van der Waals surface area contributed by atoms with Gasteiger partial charge < -0.3 is 14.2 Å². The summed E-state index contributed by atoms with van der Waals surface area (Å²) in [5, 5.41) is 1.06. The highest BCUT2D eigenvalue weighted by Crippen LogP contribution is 2.24. The Hall–Kier alpha value is -3.08. The monoisotopic (exact) mass is 378 g/mol. The molecule has 0 fully saturated rings. The summed E-state index contributed by atoms with van der Waals surface area (Å²) in [5.41, 5.74) is 3.47. The molecule has 0 radical (unpaired) electrons. The van der Waals surface area contributed by atoms with Gasteiger partial charge in [-0.05, 0) is 49.2 Å². The first kappa shape index (κ1) is 19.7. The predicted octanol–water partition coefficient (Wildman–Crippen LogP) is 4.63. The fourth-order valence-corrected chi connectivity index (χ4v) is 3.32. The second kappa shape index (κ2) is 9.22. The number of rotatable bonds is 9. The Balaban J connectivity index is 1.88. The summed E-state index contributed by atoms with van der Waals surface area (Å²) in [4.78, 5) is 25.4. The van der Waals surface area contributed by atoms with E-state index in [2.05, 4.69) is 11.5 Å². The Morgan fingerprint density at radius 2 is 1.96 bits per heavy atom. The van der Waals surface area contributed by atoms with Gasteiger partial charge in [-0.2, -0.15) is 0 Å². The Morgan fingerprint density at radius 1 is 1.14 bits per heavy atom. The molecule has 0 unspecified atom stereocenters. The summed E-state index contributed by atoms with van der Waals surface area (Å²) in [6, 6.07) is 15.6. The molecule has 5 heteroatoms. The molecule has 28 heavy (non-hydrogen) atoms. The molecule has 0 saturated carbocycles. The molecule has 0 aliphatic carbocycles. The van der Waals surface area contributed by atoms with Crippen LogP contribution < -0.4 is 4.90 Å². The number of hydrogen-bond donors (Lipinski definition) is 0. The van der Waals surface area contributed by atoms with E-state index in [4.69, 9.17) is 4.74 Å². The SMILES string of the molecule is CCCCN(C=O)c1ccc2c(ccn2Cc2ccccc2C(=O)OCC)c1. The van der Waals surface area contributed by atoms with Crippen LogP contribution >= 0.6 is 0 Å². The molecule has 0 aliphatic heterocycles. The molecule has 0 N–H and O–H groups in total. The molecule has 0 saturated heterocycles. The lowest BCUT2D eigenvalue weighted by atomic mass is 10.1. The summed E-state index contributed by atoms with van der Waals surface area (Å²) in [6.07, 6.45) is 4.92. The smallest absolute Gasteiger partial charge is 0.338 e. The molecule has 0 atom stereocenters. The number of carbonyl (C=O) groups excluding carboxylic acids is 2. The first-order chi connectivity index (χ1) is 13.7. The third-order valence-electron chi connectivity index (χ3n) is 4.82. The molecule has 0 aliphatic rings. The number of ether oxygens (including phenoxy) is 1. The van der Waals surface area contributed by atoms with Gasteiger partial charge in [-0.1, -0.05) is 31.5 Å². The maximum atomic E-state index is 12.2. The van der Waals surface area contributed by atoms with Crippen LogP contribution in [0.3, 0.4) is 0 Å². The number of nitrogens with zero attached hydrogens (tertiary/aromatic N) is 2. The van der Waals surface area contributed by atoms with Crippen molar-refractivity contribution < 1.29 is 14.3 Å². The molecule has 0 spiro atoms. The molecule has 3 aromatic rings. The summed E-state index contributed by atoms with van der Waals surface area (Å²) in [6.45, 7) is 5.57. The zero-order valence-corrected chi connectivity index (χ0v) is 16.4. The van der Waals surface area contributed by atoms with Gasteiger partial charge in [0.15, 0.2) is 0 Å². The first-order valence-corrected chi connectivity index (χ1v) is 9.73. The van der Waals surface area contributed by atoms with Crippen LogP contribution in [0.1, 0.15) is 42.6 Å². The third-order valence-corrected chi connectivity index (χ3v) is 4.82. The fourth-order valence-electron chi connectivity index (χ4n) is 3.32. The lowest BCUT2D eigenvalue weighted by Gasteiger charge is -2.17. The van der Waals surface area contributed by atoms with Crippen molar-refractivity contribution in [1.29, 1.82) is 0 Å². The minimum Gasteiger partial charge on any atom is -0.462 e. The summed E-state index contributed by atoms with van der Waals surface area (Å²) in [5.74, 6) is -0.297. The number of carbonyl (C=O) groups is 2. The maximum absolute atomic E-state index is 12.2. The van der Waals surface area contributed by atoms with E-state index < -0.39 is 0 Å². The first-order valence-electron chi connectivity index (χ1n) is 9.73. The Bertz CT molecular complexity index is 961. The van der Waals surface area contributed by atoms with Crippen molar-refractivity contribution >= 4 is 29.0 Å². The van der Waals surface area contributed by atoms with Gasteiger partial charge in [0.05, 0.1) is 12.2 Å². The molecule has 0 bridgehead atoms. The van der Waals surface area contributed by atoms with Crippen LogP contribution in [0, 0.1) is 0 Å². The van der Waals surface area contributed by atoms with E-state index in [1.165, 1.54) is 0 Å². The zero-order chi connectivity index (χ0) is 19.9. The molecule has 5 nitrogen and oxygen atoms in total. The van der Waals surface area contributed by atoms with E-state index in [-0.39, 0.29) is 5.97 Å². The van der Waals surface area contributed by atoms with Crippen LogP contribution in [0.4, 0.5) is 5.69 Å². The highest BCUT2D eigenvalue weighted by Gasteiger charge is 2.13. The quantitative estimate of drug-likeness (QED) is 0.403. The van der Waals surface area contributed by atoms with Crippen LogP contribution in [0.5, 0.6) is 0 Å². The van der Waals surface area contributed by atoms with Gasteiger partial charge in [0, 0.05) is 35.9 Å². The van der Waals surface area contributed by atoms with Crippen LogP contribution in [-0.4, -0.2) is 30.1 Å².